The molecule has 0 amide bonds. The van der Waals surface area contributed by atoms with Crippen LogP contribution < -0.4 is 0 Å². The number of carbonyl (C=O) groups is 1. The number of hydrogen-bond donors (Lipinski definition) is 1. The zero-order valence-corrected chi connectivity index (χ0v) is 7.34. The van der Waals surface area contributed by atoms with E-state index < -0.39 is 5.97 Å². The molecule has 5 heteroatoms. The van der Waals surface area contributed by atoms with Gasteiger partial charge in [0.05, 0.1) is 11.3 Å². The highest BCUT2D eigenvalue weighted by Crippen LogP contribution is 2.03. The van der Waals surface area contributed by atoms with Gasteiger partial charge in [-0.15, -0.1) is 0 Å². The number of thioether (sulfide) groups is 1. The van der Waals surface area contributed by atoms with Gasteiger partial charge in [0.1, 0.15) is 5.82 Å². The standard InChI is InChI=1S/C7H8N2O2S/c1-12-4-6-8-2-5(3-9-6)7(10)11/h2-3H,4H2,1H3,(H,10,11). The highest BCUT2D eigenvalue weighted by atomic mass is 32.2. The average Bonchev–Trinajstić information content (AvgIpc) is 2.06. The Balaban J connectivity index is 2.78. The smallest absolute Gasteiger partial charge is 0.338 e. The zero-order chi connectivity index (χ0) is 8.97. The van der Waals surface area contributed by atoms with E-state index in [1.807, 2.05) is 6.26 Å². The number of carboxylic acid groups (broad SMARTS) is 1. The van der Waals surface area contributed by atoms with Crippen molar-refractivity contribution in [3.63, 3.8) is 0 Å². The van der Waals surface area contributed by atoms with Crippen LogP contribution in [0.3, 0.4) is 0 Å². The predicted molar refractivity (Wildman–Crippen MR) is 46.2 cm³/mol. The van der Waals surface area contributed by atoms with Gasteiger partial charge in [0.2, 0.25) is 0 Å². The number of carboxylic acids is 1. The quantitative estimate of drug-likeness (QED) is 0.760. The molecule has 4 nitrogen and oxygen atoms in total. The molecule has 1 heterocycles. The lowest BCUT2D eigenvalue weighted by Crippen LogP contribution is -2.00. The van der Waals surface area contributed by atoms with Crippen LogP contribution >= 0.6 is 11.8 Å². The van der Waals surface area contributed by atoms with Gasteiger partial charge in [-0.25, -0.2) is 14.8 Å². The van der Waals surface area contributed by atoms with E-state index in [4.69, 9.17) is 5.11 Å². The summed E-state index contributed by atoms with van der Waals surface area (Å²) in [6.45, 7) is 0. The van der Waals surface area contributed by atoms with Crippen LogP contribution in [0.2, 0.25) is 0 Å². The van der Waals surface area contributed by atoms with Crippen molar-refractivity contribution in [1.82, 2.24) is 9.97 Å². The SMILES string of the molecule is CSCc1ncc(C(=O)O)cn1. The fraction of sp³-hybridized carbons (Fsp3) is 0.286. The minimum absolute atomic E-state index is 0.125. The maximum Gasteiger partial charge on any atom is 0.338 e. The van der Waals surface area contributed by atoms with Gasteiger partial charge in [-0.05, 0) is 6.26 Å². The molecule has 0 aliphatic heterocycles. The highest BCUT2D eigenvalue weighted by Gasteiger charge is 2.02. The molecule has 0 aromatic carbocycles. The molecule has 0 aliphatic carbocycles. The third-order valence-electron chi connectivity index (χ3n) is 1.23. The molecular weight excluding hydrogens is 176 g/mol. The van der Waals surface area contributed by atoms with Crippen LogP contribution in [0.5, 0.6) is 0 Å². The molecule has 0 bridgehead atoms. The fourth-order valence-electron chi connectivity index (χ4n) is 0.669. The Morgan fingerprint density at radius 3 is 2.58 bits per heavy atom. The van der Waals surface area contributed by atoms with Gasteiger partial charge < -0.3 is 5.11 Å². The van der Waals surface area contributed by atoms with E-state index in [0.29, 0.717) is 11.6 Å². The van der Waals surface area contributed by atoms with E-state index in [-0.39, 0.29) is 5.56 Å². The Morgan fingerprint density at radius 2 is 2.17 bits per heavy atom. The molecular formula is C7H8N2O2S. The van der Waals surface area contributed by atoms with Crippen LogP contribution in [0.15, 0.2) is 12.4 Å². The van der Waals surface area contributed by atoms with Gasteiger partial charge in [-0.1, -0.05) is 0 Å². The highest BCUT2D eigenvalue weighted by molar-refractivity contribution is 7.97. The molecule has 1 N–H and O–H groups in total. The summed E-state index contributed by atoms with van der Waals surface area (Å²) in [5.74, 6) is 0.373. The van der Waals surface area contributed by atoms with Gasteiger partial charge in [0, 0.05) is 12.4 Å². The zero-order valence-electron chi connectivity index (χ0n) is 6.52. The molecule has 1 rings (SSSR count). The van der Waals surface area contributed by atoms with Crippen LogP contribution in [0.1, 0.15) is 16.2 Å². The minimum Gasteiger partial charge on any atom is -0.478 e. The van der Waals surface area contributed by atoms with E-state index in [1.165, 1.54) is 12.4 Å². The van der Waals surface area contributed by atoms with Crippen LogP contribution in [-0.2, 0) is 5.75 Å². The second-order valence-electron chi connectivity index (χ2n) is 2.13. The van der Waals surface area contributed by atoms with Crippen molar-refractivity contribution in [2.75, 3.05) is 6.26 Å². The van der Waals surface area contributed by atoms with Gasteiger partial charge in [0.15, 0.2) is 0 Å². The Morgan fingerprint density at radius 1 is 1.58 bits per heavy atom. The van der Waals surface area contributed by atoms with Gasteiger partial charge >= 0.3 is 5.97 Å². The van der Waals surface area contributed by atoms with Crippen molar-refractivity contribution in [2.45, 2.75) is 5.75 Å². The van der Waals surface area contributed by atoms with Crippen molar-refractivity contribution in [3.8, 4) is 0 Å². The van der Waals surface area contributed by atoms with Crippen LogP contribution in [0.4, 0.5) is 0 Å². The Bertz CT molecular complexity index is 273. The maximum atomic E-state index is 10.4. The van der Waals surface area contributed by atoms with Crippen molar-refractivity contribution in [2.24, 2.45) is 0 Å². The molecule has 12 heavy (non-hydrogen) atoms. The summed E-state index contributed by atoms with van der Waals surface area (Å²) >= 11 is 1.60. The summed E-state index contributed by atoms with van der Waals surface area (Å²) < 4.78 is 0. The number of aromatic nitrogens is 2. The molecule has 0 saturated heterocycles. The molecule has 0 aliphatic rings. The lowest BCUT2D eigenvalue weighted by Gasteiger charge is -1.96. The van der Waals surface area contributed by atoms with E-state index in [1.54, 1.807) is 11.8 Å². The maximum absolute atomic E-state index is 10.4. The molecule has 0 fully saturated rings. The van der Waals surface area contributed by atoms with Crippen molar-refractivity contribution in [3.05, 3.63) is 23.8 Å². The molecule has 64 valence electrons. The van der Waals surface area contributed by atoms with Crippen LogP contribution in [0.25, 0.3) is 0 Å². The first kappa shape index (κ1) is 8.99. The molecule has 0 unspecified atom stereocenters. The number of nitrogens with zero attached hydrogens (tertiary/aromatic N) is 2. The third-order valence-corrected chi connectivity index (χ3v) is 1.77. The fourth-order valence-corrected chi connectivity index (χ4v) is 1.08. The number of aromatic carboxylic acids is 1. The summed E-state index contributed by atoms with van der Waals surface area (Å²) in [6, 6.07) is 0. The molecule has 0 saturated carbocycles. The Labute approximate surface area is 74.0 Å². The van der Waals surface area contributed by atoms with Gasteiger partial charge in [0.25, 0.3) is 0 Å². The lowest BCUT2D eigenvalue weighted by atomic mass is 10.3. The first-order valence-electron chi connectivity index (χ1n) is 3.27. The second-order valence-corrected chi connectivity index (χ2v) is 2.99. The first-order chi connectivity index (χ1) is 5.74. The second kappa shape index (κ2) is 4.06. The first-order valence-corrected chi connectivity index (χ1v) is 4.66. The predicted octanol–water partition coefficient (Wildman–Crippen LogP) is 1.04. The normalized spacial score (nSPS) is 9.75. The summed E-state index contributed by atoms with van der Waals surface area (Å²) in [6.07, 6.45) is 4.58. The minimum atomic E-state index is -0.995. The third kappa shape index (κ3) is 2.20. The van der Waals surface area contributed by atoms with E-state index >= 15 is 0 Å². The molecule has 0 radical (unpaired) electrons. The van der Waals surface area contributed by atoms with E-state index in [2.05, 4.69) is 9.97 Å². The summed E-state index contributed by atoms with van der Waals surface area (Å²) in [7, 11) is 0. The van der Waals surface area contributed by atoms with Crippen molar-refractivity contribution in [1.29, 1.82) is 0 Å². The molecule has 0 spiro atoms. The summed E-state index contributed by atoms with van der Waals surface area (Å²) in [5.41, 5.74) is 0.125. The summed E-state index contributed by atoms with van der Waals surface area (Å²) in [5, 5.41) is 8.52. The lowest BCUT2D eigenvalue weighted by molar-refractivity contribution is 0.0696. The Kier molecular flexibility index (Phi) is 3.04. The number of rotatable bonds is 3. The van der Waals surface area contributed by atoms with Gasteiger partial charge in [-0.2, -0.15) is 11.8 Å². The summed E-state index contributed by atoms with van der Waals surface area (Å²) in [4.78, 5) is 18.1. The molecule has 1 aromatic rings. The van der Waals surface area contributed by atoms with Crippen molar-refractivity contribution < 1.29 is 9.90 Å². The van der Waals surface area contributed by atoms with Crippen LogP contribution in [-0.4, -0.2) is 27.3 Å². The average molecular weight is 184 g/mol. The largest absolute Gasteiger partial charge is 0.478 e. The topological polar surface area (TPSA) is 63.1 Å². The van der Waals surface area contributed by atoms with Gasteiger partial charge in [-0.3, -0.25) is 0 Å². The molecule has 0 atom stereocenters. The molecule has 1 aromatic heterocycles. The Hall–Kier alpha value is -1.10. The van der Waals surface area contributed by atoms with Crippen molar-refractivity contribution >= 4 is 17.7 Å². The monoisotopic (exact) mass is 184 g/mol. The number of hydrogen-bond acceptors (Lipinski definition) is 4. The van der Waals surface area contributed by atoms with E-state index in [0.717, 1.165) is 0 Å². The van der Waals surface area contributed by atoms with Crippen LogP contribution in [0, 0.1) is 0 Å². The van der Waals surface area contributed by atoms with E-state index in [9.17, 15) is 4.79 Å².